The molecule has 0 aromatic heterocycles. The van der Waals surface area contributed by atoms with Gasteiger partial charge in [-0.2, -0.15) is 0 Å². The molecule has 0 aliphatic carbocycles. The van der Waals surface area contributed by atoms with Crippen LogP contribution in [0.4, 0.5) is 0 Å². The third kappa shape index (κ3) is 6.86. The zero-order valence-corrected chi connectivity index (χ0v) is 15.0. The molecule has 1 aromatic rings. The van der Waals surface area contributed by atoms with Crippen molar-refractivity contribution in [3.05, 3.63) is 33.8 Å². The number of unbranched alkanes of at least 4 members (excludes halogenated alkanes) is 2. The van der Waals surface area contributed by atoms with Gasteiger partial charge in [-0.3, -0.25) is 4.99 Å². The highest BCUT2D eigenvalue weighted by molar-refractivity contribution is 6.42. The summed E-state index contributed by atoms with van der Waals surface area (Å²) < 4.78 is 5.04. The molecule has 0 saturated carbocycles. The number of aliphatic imine (C=N–C) groups is 1. The second-order valence-electron chi connectivity index (χ2n) is 5.13. The van der Waals surface area contributed by atoms with Crippen molar-refractivity contribution in [1.82, 2.24) is 10.2 Å². The number of nitrogens with zero attached hydrogens (tertiary/aromatic N) is 2. The van der Waals surface area contributed by atoms with Gasteiger partial charge in [0, 0.05) is 40.9 Å². The molecule has 0 aliphatic rings. The Labute approximate surface area is 143 Å². The number of ether oxygens (including phenoxy) is 1. The standard InChI is InChI=1S/C16H25Cl2N3O/c1-19-16(20-9-5-4-6-10-22-3)21(2)12-13-7-8-14(17)15(18)11-13/h7-8,11H,4-6,9-10,12H2,1-3H3,(H,19,20). The summed E-state index contributed by atoms with van der Waals surface area (Å²) in [6.07, 6.45) is 3.34. The fourth-order valence-corrected chi connectivity index (χ4v) is 2.44. The zero-order valence-electron chi connectivity index (χ0n) is 13.5. The highest BCUT2D eigenvalue weighted by atomic mass is 35.5. The number of hydrogen-bond acceptors (Lipinski definition) is 2. The Bertz CT molecular complexity index is 480. The van der Waals surface area contributed by atoms with E-state index in [1.165, 1.54) is 0 Å². The molecule has 0 atom stereocenters. The summed E-state index contributed by atoms with van der Waals surface area (Å²) in [6.45, 7) is 2.45. The van der Waals surface area contributed by atoms with Crippen molar-refractivity contribution in [3.63, 3.8) is 0 Å². The minimum atomic E-state index is 0.576. The van der Waals surface area contributed by atoms with Crippen LogP contribution in [-0.4, -0.2) is 45.2 Å². The number of guanidine groups is 1. The summed E-state index contributed by atoms with van der Waals surface area (Å²) in [5, 5.41) is 4.52. The summed E-state index contributed by atoms with van der Waals surface area (Å²) >= 11 is 12.0. The molecule has 1 N–H and O–H groups in total. The molecule has 0 aliphatic heterocycles. The second kappa shape index (κ2) is 10.7. The van der Waals surface area contributed by atoms with Crippen molar-refractivity contribution in [2.24, 2.45) is 4.99 Å². The van der Waals surface area contributed by atoms with Crippen molar-refractivity contribution in [1.29, 1.82) is 0 Å². The smallest absolute Gasteiger partial charge is 0.193 e. The Hall–Kier alpha value is -0.970. The molecule has 6 heteroatoms. The molecule has 0 bridgehead atoms. The quantitative estimate of drug-likeness (QED) is 0.442. The fourth-order valence-electron chi connectivity index (χ4n) is 2.12. The minimum Gasteiger partial charge on any atom is -0.385 e. The number of hydrogen-bond donors (Lipinski definition) is 1. The number of nitrogens with one attached hydrogen (secondary N) is 1. The van der Waals surface area contributed by atoms with E-state index in [4.69, 9.17) is 27.9 Å². The van der Waals surface area contributed by atoms with Gasteiger partial charge in [-0.05, 0) is 37.0 Å². The van der Waals surface area contributed by atoms with Crippen LogP contribution in [0.15, 0.2) is 23.2 Å². The van der Waals surface area contributed by atoms with Crippen molar-refractivity contribution in [2.75, 3.05) is 34.4 Å². The zero-order chi connectivity index (χ0) is 16.4. The molecule has 0 spiro atoms. The van der Waals surface area contributed by atoms with E-state index in [1.807, 2.05) is 25.2 Å². The molecular weight excluding hydrogens is 321 g/mol. The first kappa shape index (κ1) is 19.1. The molecule has 1 aromatic carbocycles. The molecule has 22 heavy (non-hydrogen) atoms. The first-order valence-corrected chi connectivity index (χ1v) is 8.18. The normalized spacial score (nSPS) is 11.6. The van der Waals surface area contributed by atoms with Crippen LogP contribution in [0.25, 0.3) is 0 Å². The topological polar surface area (TPSA) is 36.9 Å². The lowest BCUT2D eigenvalue weighted by atomic mass is 10.2. The minimum absolute atomic E-state index is 0.576. The highest BCUT2D eigenvalue weighted by Crippen LogP contribution is 2.23. The van der Waals surface area contributed by atoms with Gasteiger partial charge in [-0.15, -0.1) is 0 Å². The van der Waals surface area contributed by atoms with Crippen LogP contribution in [0.2, 0.25) is 10.0 Å². The van der Waals surface area contributed by atoms with Gasteiger partial charge in [0.05, 0.1) is 10.0 Å². The Morgan fingerprint density at radius 1 is 1.23 bits per heavy atom. The molecule has 0 fully saturated rings. The number of halogens is 2. The highest BCUT2D eigenvalue weighted by Gasteiger charge is 2.07. The summed E-state index contributed by atoms with van der Waals surface area (Å²) in [5.74, 6) is 0.873. The number of rotatable bonds is 8. The molecule has 0 amide bonds. The first-order valence-electron chi connectivity index (χ1n) is 7.43. The van der Waals surface area contributed by atoms with Gasteiger partial charge >= 0.3 is 0 Å². The van der Waals surface area contributed by atoms with Crippen LogP contribution in [-0.2, 0) is 11.3 Å². The molecule has 0 radical (unpaired) electrons. The molecule has 124 valence electrons. The van der Waals surface area contributed by atoms with E-state index < -0.39 is 0 Å². The lowest BCUT2D eigenvalue weighted by molar-refractivity contribution is 0.192. The molecular formula is C16H25Cl2N3O. The molecule has 0 unspecified atom stereocenters. The van der Waals surface area contributed by atoms with E-state index in [2.05, 4.69) is 15.2 Å². The molecule has 1 rings (SSSR count). The van der Waals surface area contributed by atoms with Crippen LogP contribution in [0.1, 0.15) is 24.8 Å². The molecule has 4 nitrogen and oxygen atoms in total. The van der Waals surface area contributed by atoms with Crippen LogP contribution < -0.4 is 5.32 Å². The third-order valence-electron chi connectivity index (χ3n) is 3.29. The average molecular weight is 346 g/mol. The fraction of sp³-hybridized carbons (Fsp3) is 0.562. The Morgan fingerprint density at radius 2 is 2.00 bits per heavy atom. The van der Waals surface area contributed by atoms with E-state index >= 15 is 0 Å². The van der Waals surface area contributed by atoms with Gasteiger partial charge in [-0.1, -0.05) is 29.3 Å². The largest absolute Gasteiger partial charge is 0.385 e. The average Bonchev–Trinajstić information content (AvgIpc) is 2.50. The lowest BCUT2D eigenvalue weighted by Crippen LogP contribution is -2.38. The van der Waals surface area contributed by atoms with Gasteiger partial charge in [0.25, 0.3) is 0 Å². The van der Waals surface area contributed by atoms with Gasteiger partial charge in [0.15, 0.2) is 5.96 Å². The predicted octanol–water partition coefficient (Wildman–Crippen LogP) is 3.82. The SMILES string of the molecule is CN=C(NCCCCCOC)N(C)Cc1ccc(Cl)c(Cl)c1. The monoisotopic (exact) mass is 345 g/mol. The van der Waals surface area contributed by atoms with E-state index in [-0.39, 0.29) is 0 Å². The second-order valence-corrected chi connectivity index (χ2v) is 5.95. The van der Waals surface area contributed by atoms with Gasteiger partial charge in [0.2, 0.25) is 0 Å². The van der Waals surface area contributed by atoms with Crippen molar-refractivity contribution >= 4 is 29.2 Å². The maximum Gasteiger partial charge on any atom is 0.193 e. The van der Waals surface area contributed by atoms with E-state index in [0.717, 1.165) is 50.5 Å². The predicted molar refractivity (Wildman–Crippen MR) is 95.0 cm³/mol. The number of benzene rings is 1. The summed E-state index contributed by atoms with van der Waals surface area (Å²) in [6, 6.07) is 5.68. The summed E-state index contributed by atoms with van der Waals surface area (Å²) in [7, 11) is 5.53. The van der Waals surface area contributed by atoms with Crippen LogP contribution >= 0.6 is 23.2 Å². The summed E-state index contributed by atoms with van der Waals surface area (Å²) in [5.41, 5.74) is 1.10. The summed E-state index contributed by atoms with van der Waals surface area (Å²) in [4.78, 5) is 6.37. The van der Waals surface area contributed by atoms with Gasteiger partial charge in [0.1, 0.15) is 0 Å². The first-order chi connectivity index (χ1) is 10.6. The van der Waals surface area contributed by atoms with Crippen LogP contribution in [0.3, 0.4) is 0 Å². The van der Waals surface area contributed by atoms with Crippen molar-refractivity contribution in [3.8, 4) is 0 Å². The Balaban J connectivity index is 2.40. The Morgan fingerprint density at radius 3 is 2.64 bits per heavy atom. The van der Waals surface area contributed by atoms with E-state index in [0.29, 0.717) is 10.0 Å². The maximum atomic E-state index is 6.05. The van der Waals surface area contributed by atoms with Crippen molar-refractivity contribution < 1.29 is 4.74 Å². The van der Waals surface area contributed by atoms with Gasteiger partial charge in [-0.25, -0.2) is 0 Å². The Kier molecular flexibility index (Phi) is 9.28. The van der Waals surface area contributed by atoms with Crippen molar-refractivity contribution in [2.45, 2.75) is 25.8 Å². The van der Waals surface area contributed by atoms with Gasteiger partial charge < -0.3 is 15.0 Å². The third-order valence-corrected chi connectivity index (χ3v) is 4.02. The van der Waals surface area contributed by atoms with Crippen LogP contribution in [0, 0.1) is 0 Å². The van der Waals surface area contributed by atoms with Crippen LogP contribution in [0.5, 0.6) is 0 Å². The number of methoxy groups -OCH3 is 1. The molecule has 0 heterocycles. The van der Waals surface area contributed by atoms with E-state index in [1.54, 1.807) is 14.2 Å². The maximum absolute atomic E-state index is 6.05. The lowest BCUT2D eigenvalue weighted by Gasteiger charge is -2.22. The van der Waals surface area contributed by atoms with E-state index in [9.17, 15) is 0 Å². The molecule has 0 saturated heterocycles.